The van der Waals surface area contributed by atoms with E-state index in [1.807, 2.05) is 6.07 Å². The molecule has 0 bridgehead atoms. The molecule has 0 atom stereocenters. The molecule has 156 valence electrons. The predicted octanol–water partition coefficient (Wildman–Crippen LogP) is 1.87. The summed E-state index contributed by atoms with van der Waals surface area (Å²) in [4.78, 5) is 52.9. The fraction of sp³-hybridized carbons (Fsp3) is 0.333. The molecule has 2 heterocycles. The van der Waals surface area contributed by atoms with Crippen molar-refractivity contribution in [2.24, 2.45) is 0 Å². The Morgan fingerprint density at radius 3 is 2.63 bits per heavy atom. The molecule has 2 aromatic heterocycles. The van der Waals surface area contributed by atoms with Crippen LogP contribution in [0.2, 0.25) is 0 Å². The Morgan fingerprint density at radius 2 is 1.80 bits per heavy atom. The smallest absolute Gasteiger partial charge is 0.284 e. The number of hydrazine groups is 1. The van der Waals surface area contributed by atoms with Crippen molar-refractivity contribution >= 4 is 34.1 Å². The molecular weight excluding hydrogens is 404 g/mol. The number of H-pyrrole nitrogens is 1. The highest BCUT2D eigenvalue weighted by Crippen LogP contribution is 2.28. The standard InChI is InChI=1S/C21H22N4O4S/c26-18(12-25-15-9-6-5-8-14(15)19(27)22-21(25)29)23-24-20(28)17-11-13-7-3-1-2-4-10-16(13)30-17/h5-6,8-9,11H,1-4,7,10,12H2,(H,23,26)(H,24,28)(H,22,27,29). The highest BCUT2D eigenvalue weighted by molar-refractivity contribution is 7.14. The molecule has 9 heteroatoms. The molecule has 4 rings (SSSR count). The van der Waals surface area contributed by atoms with Crippen LogP contribution in [0.15, 0.2) is 39.9 Å². The number of benzene rings is 1. The zero-order valence-corrected chi connectivity index (χ0v) is 17.1. The number of hydrogen-bond acceptors (Lipinski definition) is 5. The number of aromatic nitrogens is 2. The Labute approximate surface area is 175 Å². The van der Waals surface area contributed by atoms with Crippen LogP contribution in [0.5, 0.6) is 0 Å². The van der Waals surface area contributed by atoms with E-state index >= 15 is 0 Å². The number of carbonyl (C=O) groups excluding carboxylic acids is 2. The monoisotopic (exact) mass is 426 g/mol. The zero-order chi connectivity index (χ0) is 21.1. The van der Waals surface area contributed by atoms with Gasteiger partial charge in [0, 0.05) is 4.88 Å². The molecule has 1 aromatic carbocycles. The summed E-state index contributed by atoms with van der Waals surface area (Å²) in [6.45, 7) is -0.336. The molecule has 0 saturated heterocycles. The van der Waals surface area contributed by atoms with Crippen molar-refractivity contribution in [3.63, 3.8) is 0 Å². The lowest BCUT2D eigenvalue weighted by Crippen LogP contribution is -2.44. The number of aromatic amines is 1. The fourth-order valence-electron chi connectivity index (χ4n) is 3.73. The van der Waals surface area contributed by atoms with Crippen molar-refractivity contribution in [2.45, 2.75) is 45.1 Å². The van der Waals surface area contributed by atoms with Gasteiger partial charge in [-0.1, -0.05) is 25.0 Å². The summed E-state index contributed by atoms with van der Waals surface area (Å²) in [6.07, 6.45) is 6.66. The highest BCUT2D eigenvalue weighted by Gasteiger charge is 2.17. The van der Waals surface area contributed by atoms with Crippen LogP contribution in [0.25, 0.3) is 10.9 Å². The molecule has 3 aromatic rings. The van der Waals surface area contributed by atoms with E-state index in [-0.39, 0.29) is 12.5 Å². The number of para-hydroxylation sites is 1. The van der Waals surface area contributed by atoms with Crippen LogP contribution in [0.4, 0.5) is 0 Å². The number of rotatable bonds is 3. The van der Waals surface area contributed by atoms with Crippen molar-refractivity contribution in [1.82, 2.24) is 20.4 Å². The molecule has 0 aliphatic heterocycles. The molecule has 0 unspecified atom stereocenters. The second-order valence-electron chi connectivity index (χ2n) is 7.34. The van der Waals surface area contributed by atoms with E-state index in [0.717, 1.165) is 30.3 Å². The lowest BCUT2D eigenvalue weighted by molar-refractivity contribution is -0.122. The first-order valence-electron chi connectivity index (χ1n) is 9.95. The molecule has 0 spiro atoms. The van der Waals surface area contributed by atoms with Gasteiger partial charge in [-0.05, 0) is 49.4 Å². The molecule has 1 aliphatic carbocycles. The maximum absolute atomic E-state index is 12.5. The van der Waals surface area contributed by atoms with Gasteiger partial charge in [-0.15, -0.1) is 11.3 Å². The molecule has 3 N–H and O–H groups in total. The molecule has 1 aliphatic rings. The number of fused-ring (bicyclic) bond motifs is 2. The summed E-state index contributed by atoms with van der Waals surface area (Å²) in [5, 5.41) is 0.310. The third kappa shape index (κ3) is 4.20. The number of hydrogen-bond donors (Lipinski definition) is 3. The third-order valence-corrected chi connectivity index (χ3v) is 6.48. The Balaban J connectivity index is 1.44. The summed E-state index contributed by atoms with van der Waals surface area (Å²) < 4.78 is 1.16. The normalized spacial score (nSPS) is 13.9. The summed E-state index contributed by atoms with van der Waals surface area (Å²) in [5.74, 6) is -0.948. The van der Waals surface area contributed by atoms with Crippen molar-refractivity contribution in [1.29, 1.82) is 0 Å². The van der Waals surface area contributed by atoms with Gasteiger partial charge in [0.2, 0.25) is 0 Å². The lowest BCUT2D eigenvalue weighted by atomic mass is 10.00. The average Bonchev–Trinajstić information content (AvgIpc) is 3.11. The van der Waals surface area contributed by atoms with E-state index in [2.05, 4.69) is 15.8 Å². The molecule has 0 saturated carbocycles. The minimum atomic E-state index is -0.682. The van der Waals surface area contributed by atoms with Gasteiger partial charge < -0.3 is 0 Å². The molecule has 30 heavy (non-hydrogen) atoms. The van der Waals surface area contributed by atoms with Crippen LogP contribution in [-0.2, 0) is 24.2 Å². The van der Waals surface area contributed by atoms with Crippen LogP contribution in [0.1, 0.15) is 45.8 Å². The quantitative estimate of drug-likeness (QED) is 0.555. The van der Waals surface area contributed by atoms with E-state index in [1.165, 1.54) is 34.6 Å². The SMILES string of the molecule is O=C(Cn1c(=O)[nH]c(=O)c2ccccc21)NNC(=O)c1cc2c(s1)CCCCCC2. The van der Waals surface area contributed by atoms with E-state index in [1.54, 1.807) is 24.3 Å². The summed E-state index contributed by atoms with van der Waals surface area (Å²) in [6, 6.07) is 8.44. The lowest BCUT2D eigenvalue weighted by Gasteiger charge is -2.10. The summed E-state index contributed by atoms with van der Waals surface area (Å²) in [7, 11) is 0. The average molecular weight is 426 g/mol. The van der Waals surface area contributed by atoms with E-state index in [4.69, 9.17) is 0 Å². The Morgan fingerprint density at radius 1 is 1.03 bits per heavy atom. The second kappa shape index (κ2) is 8.66. The van der Waals surface area contributed by atoms with Gasteiger partial charge >= 0.3 is 5.69 Å². The molecule has 0 fully saturated rings. The minimum absolute atomic E-state index is 0.310. The first-order chi connectivity index (χ1) is 14.5. The van der Waals surface area contributed by atoms with Gasteiger partial charge in [0.1, 0.15) is 6.54 Å². The summed E-state index contributed by atoms with van der Waals surface area (Å²) >= 11 is 1.47. The van der Waals surface area contributed by atoms with Crippen LogP contribution in [0.3, 0.4) is 0 Å². The van der Waals surface area contributed by atoms with Crippen LogP contribution in [0, 0.1) is 0 Å². The first-order valence-corrected chi connectivity index (χ1v) is 10.8. The Bertz CT molecular complexity index is 1200. The largest absolute Gasteiger partial charge is 0.329 e. The molecule has 8 nitrogen and oxygen atoms in total. The van der Waals surface area contributed by atoms with E-state index < -0.39 is 17.2 Å². The Hall–Kier alpha value is -3.20. The van der Waals surface area contributed by atoms with E-state index in [0.29, 0.717) is 15.8 Å². The number of nitrogens with zero attached hydrogens (tertiary/aromatic N) is 1. The van der Waals surface area contributed by atoms with Gasteiger partial charge in [-0.3, -0.25) is 34.8 Å². The van der Waals surface area contributed by atoms with Crippen molar-refractivity contribution < 1.29 is 9.59 Å². The highest BCUT2D eigenvalue weighted by atomic mass is 32.1. The van der Waals surface area contributed by atoms with Gasteiger partial charge in [0.15, 0.2) is 0 Å². The van der Waals surface area contributed by atoms with Gasteiger partial charge in [-0.2, -0.15) is 0 Å². The van der Waals surface area contributed by atoms with Gasteiger partial charge in [0.05, 0.1) is 15.8 Å². The third-order valence-electron chi connectivity index (χ3n) is 5.24. The maximum Gasteiger partial charge on any atom is 0.329 e. The fourth-order valence-corrected chi connectivity index (χ4v) is 4.88. The number of amides is 2. The van der Waals surface area contributed by atoms with E-state index in [9.17, 15) is 19.2 Å². The Kier molecular flexibility index (Phi) is 5.80. The van der Waals surface area contributed by atoms with Gasteiger partial charge in [0.25, 0.3) is 17.4 Å². The molecular formula is C21H22N4O4S. The molecule has 0 radical (unpaired) electrons. The number of aryl methyl sites for hydroxylation is 2. The van der Waals surface area contributed by atoms with Crippen LogP contribution >= 0.6 is 11.3 Å². The second-order valence-corrected chi connectivity index (χ2v) is 8.47. The predicted molar refractivity (Wildman–Crippen MR) is 115 cm³/mol. The number of nitrogens with one attached hydrogen (secondary N) is 3. The van der Waals surface area contributed by atoms with Gasteiger partial charge in [-0.25, -0.2) is 4.79 Å². The van der Waals surface area contributed by atoms with Crippen molar-refractivity contribution in [3.05, 3.63) is 66.5 Å². The maximum atomic E-state index is 12.5. The zero-order valence-electron chi connectivity index (χ0n) is 16.3. The number of thiophene rings is 1. The first kappa shape index (κ1) is 20.1. The van der Waals surface area contributed by atoms with Crippen molar-refractivity contribution in [2.75, 3.05) is 0 Å². The molecule has 2 amide bonds. The minimum Gasteiger partial charge on any atom is -0.284 e. The summed E-state index contributed by atoms with van der Waals surface area (Å²) in [5.41, 5.74) is 5.17. The van der Waals surface area contributed by atoms with Crippen molar-refractivity contribution in [3.8, 4) is 0 Å². The van der Waals surface area contributed by atoms with Crippen LogP contribution in [-0.4, -0.2) is 21.4 Å². The topological polar surface area (TPSA) is 113 Å². The number of carbonyl (C=O) groups is 2. The van der Waals surface area contributed by atoms with Crippen LogP contribution < -0.4 is 22.1 Å².